The van der Waals surface area contributed by atoms with E-state index in [-0.39, 0.29) is 0 Å². The van der Waals surface area contributed by atoms with Crippen molar-refractivity contribution in [3.63, 3.8) is 0 Å². The number of benzene rings is 1. The average Bonchev–Trinajstić information content (AvgIpc) is 2.50. The summed E-state index contributed by atoms with van der Waals surface area (Å²) in [6.45, 7) is 2.30. The molecule has 1 saturated heterocycles. The van der Waals surface area contributed by atoms with Gasteiger partial charge in [0.2, 0.25) is 0 Å². The molecule has 3 heteroatoms. The van der Waals surface area contributed by atoms with Crippen molar-refractivity contribution in [1.29, 1.82) is 0 Å². The van der Waals surface area contributed by atoms with Crippen molar-refractivity contribution in [1.82, 2.24) is 5.32 Å². The molecule has 0 spiro atoms. The van der Waals surface area contributed by atoms with Crippen molar-refractivity contribution in [3.8, 4) is 0 Å². The van der Waals surface area contributed by atoms with Crippen LogP contribution in [0.25, 0.3) is 0 Å². The summed E-state index contributed by atoms with van der Waals surface area (Å²) in [5.41, 5.74) is 1.23. The summed E-state index contributed by atoms with van der Waals surface area (Å²) in [5.74, 6) is 0. The number of hydrogen-bond donors (Lipinski definition) is 2. The molecule has 1 unspecified atom stereocenters. The Morgan fingerprint density at radius 3 is 2.73 bits per heavy atom. The molecular formula is C12H17BrN2. The molecular weight excluding hydrogens is 252 g/mol. The van der Waals surface area contributed by atoms with Gasteiger partial charge in [-0.1, -0.05) is 15.9 Å². The minimum Gasteiger partial charge on any atom is -0.382 e. The fraction of sp³-hybridized carbons (Fsp3) is 0.500. The van der Waals surface area contributed by atoms with Crippen LogP contribution in [0.15, 0.2) is 28.7 Å². The van der Waals surface area contributed by atoms with Crippen molar-refractivity contribution >= 4 is 21.6 Å². The first-order valence-electron chi connectivity index (χ1n) is 5.57. The van der Waals surface area contributed by atoms with Crippen molar-refractivity contribution in [2.45, 2.75) is 25.3 Å². The minimum absolute atomic E-state index is 0.626. The average molecular weight is 269 g/mol. The number of halogens is 1. The Morgan fingerprint density at radius 1 is 1.13 bits per heavy atom. The van der Waals surface area contributed by atoms with E-state index in [0.29, 0.717) is 6.04 Å². The third-order valence-corrected chi connectivity index (χ3v) is 3.32. The molecule has 1 aromatic rings. The van der Waals surface area contributed by atoms with Crippen molar-refractivity contribution in [2.75, 3.05) is 18.4 Å². The van der Waals surface area contributed by atoms with Crippen LogP contribution < -0.4 is 10.6 Å². The second kappa shape index (κ2) is 5.52. The highest BCUT2D eigenvalue weighted by Crippen LogP contribution is 2.17. The molecule has 0 amide bonds. The van der Waals surface area contributed by atoms with Gasteiger partial charge >= 0.3 is 0 Å². The van der Waals surface area contributed by atoms with Crippen LogP contribution in [0, 0.1) is 0 Å². The highest BCUT2D eigenvalue weighted by atomic mass is 79.9. The normalized spacial score (nSPS) is 22.1. The maximum atomic E-state index is 3.59. The molecule has 0 radical (unpaired) electrons. The first-order chi connectivity index (χ1) is 7.34. The van der Waals surface area contributed by atoms with E-state index in [1.165, 1.54) is 31.5 Å². The maximum Gasteiger partial charge on any atom is 0.0343 e. The fourth-order valence-electron chi connectivity index (χ4n) is 1.95. The van der Waals surface area contributed by atoms with Crippen LogP contribution >= 0.6 is 15.9 Å². The van der Waals surface area contributed by atoms with E-state index in [9.17, 15) is 0 Å². The van der Waals surface area contributed by atoms with Crippen molar-refractivity contribution < 1.29 is 0 Å². The highest BCUT2D eigenvalue weighted by Gasteiger charge is 2.10. The van der Waals surface area contributed by atoms with Crippen LogP contribution in [0.3, 0.4) is 0 Å². The number of hydrogen-bond acceptors (Lipinski definition) is 2. The molecule has 2 N–H and O–H groups in total. The summed E-state index contributed by atoms with van der Waals surface area (Å²) in [4.78, 5) is 0. The lowest BCUT2D eigenvalue weighted by Crippen LogP contribution is -2.21. The van der Waals surface area contributed by atoms with Gasteiger partial charge in [0.1, 0.15) is 0 Å². The van der Waals surface area contributed by atoms with Gasteiger partial charge in [-0.25, -0.2) is 0 Å². The van der Waals surface area contributed by atoms with Gasteiger partial charge in [0.25, 0.3) is 0 Å². The van der Waals surface area contributed by atoms with Crippen molar-refractivity contribution in [2.24, 2.45) is 0 Å². The fourth-order valence-corrected chi connectivity index (χ4v) is 2.21. The quantitative estimate of drug-likeness (QED) is 0.862. The predicted molar refractivity (Wildman–Crippen MR) is 68.3 cm³/mol. The Morgan fingerprint density at radius 2 is 1.93 bits per heavy atom. The van der Waals surface area contributed by atoms with Crippen LogP contribution in [-0.2, 0) is 0 Å². The van der Waals surface area contributed by atoms with E-state index in [0.717, 1.165) is 11.0 Å². The lowest BCUT2D eigenvalue weighted by Gasteiger charge is -2.17. The summed E-state index contributed by atoms with van der Waals surface area (Å²) < 4.78 is 1.13. The summed E-state index contributed by atoms with van der Waals surface area (Å²) in [6.07, 6.45) is 3.76. The van der Waals surface area contributed by atoms with E-state index in [4.69, 9.17) is 0 Å². The molecule has 82 valence electrons. The molecule has 15 heavy (non-hydrogen) atoms. The molecule has 1 atom stereocenters. The van der Waals surface area contributed by atoms with Crippen LogP contribution in [0.4, 0.5) is 5.69 Å². The summed E-state index contributed by atoms with van der Waals surface area (Å²) in [6, 6.07) is 9.04. The molecule has 1 aliphatic heterocycles. The third-order valence-electron chi connectivity index (χ3n) is 2.79. The first-order valence-corrected chi connectivity index (χ1v) is 6.37. The molecule has 2 rings (SSSR count). The maximum absolute atomic E-state index is 3.59. The summed E-state index contributed by atoms with van der Waals surface area (Å²) >= 11 is 3.45. The molecule has 1 fully saturated rings. The molecule has 1 aliphatic rings. The molecule has 0 saturated carbocycles. The van der Waals surface area contributed by atoms with E-state index < -0.39 is 0 Å². The highest BCUT2D eigenvalue weighted by molar-refractivity contribution is 9.10. The Bertz CT molecular complexity index is 289. The van der Waals surface area contributed by atoms with Gasteiger partial charge in [-0.05, 0) is 56.6 Å². The zero-order valence-electron chi connectivity index (χ0n) is 8.80. The zero-order chi connectivity index (χ0) is 10.5. The smallest absolute Gasteiger partial charge is 0.0343 e. The SMILES string of the molecule is Brc1ccc(NC2CCCNCC2)cc1. The van der Waals surface area contributed by atoms with E-state index >= 15 is 0 Å². The second-order valence-electron chi connectivity index (χ2n) is 4.03. The summed E-state index contributed by atoms with van der Waals surface area (Å²) in [5, 5.41) is 7.01. The van der Waals surface area contributed by atoms with E-state index in [1.54, 1.807) is 0 Å². The standard InChI is InChI=1S/C12H17BrN2/c13-10-3-5-12(6-4-10)15-11-2-1-8-14-9-7-11/h3-6,11,14-15H,1-2,7-9H2. The predicted octanol–water partition coefficient (Wildman–Crippen LogP) is 3.00. The largest absolute Gasteiger partial charge is 0.382 e. The molecule has 0 aromatic heterocycles. The topological polar surface area (TPSA) is 24.1 Å². The van der Waals surface area contributed by atoms with Crippen molar-refractivity contribution in [3.05, 3.63) is 28.7 Å². The number of anilines is 1. The monoisotopic (exact) mass is 268 g/mol. The van der Waals surface area contributed by atoms with Gasteiger partial charge in [0.05, 0.1) is 0 Å². The Kier molecular flexibility index (Phi) is 4.03. The molecule has 1 aromatic carbocycles. The third kappa shape index (κ3) is 3.50. The Labute approximate surface area is 99.6 Å². The van der Waals surface area contributed by atoms with Crippen LogP contribution in [0.1, 0.15) is 19.3 Å². The molecule has 2 nitrogen and oxygen atoms in total. The summed E-state index contributed by atoms with van der Waals surface area (Å²) in [7, 11) is 0. The van der Waals surface area contributed by atoms with Crippen LogP contribution in [0.5, 0.6) is 0 Å². The minimum atomic E-state index is 0.626. The first kappa shape index (κ1) is 11.0. The van der Waals surface area contributed by atoms with Gasteiger partial charge < -0.3 is 10.6 Å². The molecule has 0 bridgehead atoms. The number of rotatable bonds is 2. The lowest BCUT2D eigenvalue weighted by atomic mass is 10.1. The van der Waals surface area contributed by atoms with Gasteiger partial charge in [0, 0.05) is 16.2 Å². The Balaban J connectivity index is 1.92. The number of nitrogens with one attached hydrogen (secondary N) is 2. The van der Waals surface area contributed by atoms with Gasteiger partial charge in [0.15, 0.2) is 0 Å². The Hall–Kier alpha value is -0.540. The molecule has 1 heterocycles. The van der Waals surface area contributed by atoms with E-state index in [2.05, 4.69) is 50.8 Å². The molecule has 0 aliphatic carbocycles. The van der Waals surface area contributed by atoms with E-state index in [1.807, 2.05) is 0 Å². The van der Waals surface area contributed by atoms with Gasteiger partial charge in [-0.2, -0.15) is 0 Å². The van der Waals surface area contributed by atoms with Crippen LogP contribution in [0.2, 0.25) is 0 Å². The second-order valence-corrected chi connectivity index (χ2v) is 4.94. The lowest BCUT2D eigenvalue weighted by molar-refractivity contribution is 0.637. The van der Waals surface area contributed by atoms with Gasteiger partial charge in [-0.15, -0.1) is 0 Å². The van der Waals surface area contributed by atoms with Crippen LogP contribution in [-0.4, -0.2) is 19.1 Å². The van der Waals surface area contributed by atoms with Gasteiger partial charge in [-0.3, -0.25) is 0 Å². The zero-order valence-corrected chi connectivity index (χ0v) is 10.4.